The molecule has 1 aromatic rings. The molecule has 0 aliphatic rings. The topological polar surface area (TPSA) is 29.5 Å². The van der Waals surface area contributed by atoms with Gasteiger partial charge in [-0.25, -0.2) is 0 Å². The number of aromatic hydroxyl groups is 1. The Balaban J connectivity index is 2.76. The first-order valence-electron chi connectivity index (χ1n) is 6.21. The van der Waals surface area contributed by atoms with E-state index >= 15 is 0 Å². The van der Waals surface area contributed by atoms with Crippen molar-refractivity contribution in [3.05, 3.63) is 35.4 Å². The zero-order valence-corrected chi connectivity index (χ0v) is 11.0. The van der Waals surface area contributed by atoms with Gasteiger partial charge in [-0.2, -0.15) is 0 Å². The van der Waals surface area contributed by atoms with Gasteiger partial charge in [0.05, 0.1) is 6.61 Å². The lowest BCUT2D eigenvalue weighted by Gasteiger charge is -2.10. The van der Waals surface area contributed by atoms with Crippen LogP contribution in [0.5, 0.6) is 11.5 Å². The summed E-state index contributed by atoms with van der Waals surface area (Å²) in [6.07, 6.45) is 5.17. The van der Waals surface area contributed by atoms with Crippen molar-refractivity contribution >= 4 is 0 Å². The lowest BCUT2D eigenvalue weighted by molar-refractivity contribution is 0.305. The molecule has 0 radical (unpaired) electrons. The van der Waals surface area contributed by atoms with Gasteiger partial charge in [0, 0.05) is 6.07 Å². The van der Waals surface area contributed by atoms with Crippen molar-refractivity contribution in [2.75, 3.05) is 6.61 Å². The van der Waals surface area contributed by atoms with Crippen LogP contribution in [0.3, 0.4) is 0 Å². The van der Waals surface area contributed by atoms with Crippen LogP contribution >= 0.6 is 0 Å². The maximum atomic E-state index is 9.48. The van der Waals surface area contributed by atoms with Gasteiger partial charge in [0.2, 0.25) is 0 Å². The normalized spacial score (nSPS) is 10.1. The summed E-state index contributed by atoms with van der Waals surface area (Å²) in [6, 6.07) is 5.33. The predicted octanol–water partition coefficient (Wildman–Crippen LogP) is 4.08. The summed E-state index contributed by atoms with van der Waals surface area (Å²) < 4.78 is 5.70. The minimum Gasteiger partial charge on any atom is -0.508 e. The predicted molar refractivity (Wildman–Crippen MR) is 71.6 cm³/mol. The van der Waals surface area contributed by atoms with Crippen molar-refractivity contribution in [1.29, 1.82) is 0 Å². The summed E-state index contributed by atoms with van der Waals surface area (Å²) in [7, 11) is 0. The average Bonchev–Trinajstić information content (AvgIpc) is 2.28. The van der Waals surface area contributed by atoms with E-state index in [1.54, 1.807) is 12.1 Å². The molecule has 1 rings (SSSR count). The fourth-order valence-corrected chi connectivity index (χ4v) is 1.49. The molecule has 94 valence electrons. The van der Waals surface area contributed by atoms with Crippen molar-refractivity contribution in [2.45, 2.75) is 40.0 Å². The Labute approximate surface area is 104 Å². The summed E-state index contributed by atoms with van der Waals surface area (Å²) in [5.41, 5.74) is 2.41. The van der Waals surface area contributed by atoms with Crippen LogP contribution in [-0.2, 0) is 6.42 Å². The van der Waals surface area contributed by atoms with E-state index < -0.39 is 0 Å². The fourth-order valence-electron chi connectivity index (χ4n) is 1.49. The Morgan fingerprint density at radius 1 is 1.35 bits per heavy atom. The maximum Gasteiger partial charge on any atom is 0.126 e. The van der Waals surface area contributed by atoms with Crippen molar-refractivity contribution in [2.24, 2.45) is 0 Å². The summed E-state index contributed by atoms with van der Waals surface area (Å²) >= 11 is 0. The van der Waals surface area contributed by atoms with Crippen molar-refractivity contribution in [3.8, 4) is 11.5 Å². The number of allylic oxidation sites excluding steroid dienone is 2. The molecule has 0 fully saturated rings. The van der Waals surface area contributed by atoms with Crippen LogP contribution < -0.4 is 4.74 Å². The van der Waals surface area contributed by atoms with Gasteiger partial charge in [0.1, 0.15) is 11.5 Å². The Bertz CT molecular complexity index is 377. The number of benzene rings is 1. The van der Waals surface area contributed by atoms with Crippen LogP contribution in [0, 0.1) is 0 Å². The number of unbranched alkanes of at least 4 members (excludes halogenated alkanes) is 1. The van der Waals surface area contributed by atoms with Gasteiger partial charge in [0.15, 0.2) is 0 Å². The lowest BCUT2D eigenvalue weighted by atomic mass is 10.1. The van der Waals surface area contributed by atoms with E-state index in [1.165, 1.54) is 5.57 Å². The Hall–Kier alpha value is -1.44. The third kappa shape index (κ3) is 4.94. The first-order valence-corrected chi connectivity index (χ1v) is 6.21. The van der Waals surface area contributed by atoms with Gasteiger partial charge < -0.3 is 9.84 Å². The largest absolute Gasteiger partial charge is 0.508 e. The highest BCUT2D eigenvalue weighted by atomic mass is 16.5. The average molecular weight is 234 g/mol. The highest BCUT2D eigenvalue weighted by Crippen LogP contribution is 2.25. The second kappa shape index (κ2) is 7.00. The minimum absolute atomic E-state index is 0.262. The van der Waals surface area contributed by atoms with E-state index in [9.17, 15) is 5.11 Å². The van der Waals surface area contributed by atoms with Crippen LogP contribution in [0.2, 0.25) is 0 Å². The second-order valence-electron chi connectivity index (χ2n) is 4.48. The molecular weight excluding hydrogens is 212 g/mol. The highest BCUT2D eigenvalue weighted by molar-refractivity contribution is 5.41. The zero-order chi connectivity index (χ0) is 12.7. The Morgan fingerprint density at radius 2 is 2.12 bits per heavy atom. The third-order valence-electron chi connectivity index (χ3n) is 2.54. The van der Waals surface area contributed by atoms with Crippen LogP contribution in [-0.4, -0.2) is 11.7 Å². The van der Waals surface area contributed by atoms with Crippen LogP contribution in [0.4, 0.5) is 0 Å². The number of phenols is 1. The van der Waals surface area contributed by atoms with Crippen LogP contribution in [0.25, 0.3) is 0 Å². The van der Waals surface area contributed by atoms with Gasteiger partial charge >= 0.3 is 0 Å². The Morgan fingerprint density at radius 3 is 2.76 bits per heavy atom. The molecule has 0 aromatic heterocycles. The summed E-state index contributed by atoms with van der Waals surface area (Å²) in [4.78, 5) is 0. The fraction of sp³-hybridized carbons (Fsp3) is 0.467. The molecule has 0 heterocycles. The van der Waals surface area contributed by atoms with Gasteiger partial charge in [0.25, 0.3) is 0 Å². The molecule has 0 unspecified atom stereocenters. The van der Waals surface area contributed by atoms with E-state index in [1.807, 2.05) is 6.07 Å². The molecule has 0 bridgehead atoms. The molecule has 0 saturated heterocycles. The van der Waals surface area contributed by atoms with E-state index in [4.69, 9.17) is 4.74 Å². The summed E-state index contributed by atoms with van der Waals surface area (Å²) in [5.74, 6) is 1.06. The number of rotatable bonds is 6. The van der Waals surface area contributed by atoms with Crippen molar-refractivity contribution in [1.82, 2.24) is 0 Å². The van der Waals surface area contributed by atoms with E-state index in [-0.39, 0.29) is 5.75 Å². The van der Waals surface area contributed by atoms with E-state index in [0.717, 1.165) is 30.6 Å². The molecule has 0 saturated carbocycles. The quantitative estimate of drug-likeness (QED) is 0.593. The smallest absolute Gasteiger partial charge is 0.126 e. The van der Waals surface area contributed by atoms with Gasteiger partial charge in [-0.05, 0) is 38.3 Å². The first-order chi connectivity index (χ1) is 8.13. The van der Waals surface area contributed by atoms with Crippen molar-refractivity contribution < 1.29 is 9.84 Å². The van der Waals surface area contributed by atoms with E-state index in [2.05, 4.69) is 26.8 Å². The molecule has 2 nitrogen and oxygen atoms in total. The molecule has 17 heavy (non-hydrogen) atoms. The number of phenolic OH excluding ortho intramolecular Hbond substituents is 1. The highest BCUT2D eigenvalue weighted by Gasteiger charge is 2.04. The molecule has 0 atom stereocenters. The summed E-state index contributed by atoms with van der Waals surface area (Å²) in [6.45, 7) is 7.01. The number of ether oxygens (including phenoxy) is 1. The van der Waals surface area contributed by atoms with Gasteiger partial charge in [-0.15, -0.1) is 0 Å². The molecule has 2 heteroatoms. The summed E-state index contributed by atoms with van der Waals surface area (Å²) in [5, 5.41) is 9.48. The number of hydrogen-bond acceptors (Lipinski definition) is 2. The monoisotopic (exact) mass is 234 g/mol. The molecule has 0 spiro atoms. The lowest BCUT2D eigenvalue weighted by Crippen LogP contribution is -1.99. The maximum absolute atomic E-state index is 9.48. The molecule has 0 aliphatic heterocycles. The third-order valence-corrected chi connectivity index (χ3v) is 2.54. The minimum atomic E-state index is 0.262. The number of hydrogen-bond donors (Lipinski definition) is 1. The van der Waals surface area contributed by atoms with E-state index in [0.29, 0.717) is 6.61 Å². The standard InChI is InChI=1S/C15H22O2/c1-4-5-10-17-15-11-14(16)9-8-13(15)7-6-12(2)3/h6,8-9,11,16H,4-5,7,10H2,1-3H3. The molecule has 1 N–H and O–H groups in total. The molecular formula is C15H22O2. The SMILES string of the molecule is CCCCOc1cc(O)ccc1CC=C(C)C. The Kier molecular flexibility index (Phi) is 5.61. The molecule has 0 aliphatic carbocycles. The molecule has 1 aromatic carbocycles. The van der Waals surface area contributed by atoms with Gasteiger partial charge in [-0.1, -0.05) is 31.1 Å². The van der Waals surface area contributed by atoms with Gasteiger partial charge in [-0.3, -0.25) is 0 Å². The van der Waals surface area contributed by atoms with Crippen LogP contribution in [0.1, 0.15) is 39.2 Å². The molecule has 0 amide bonds. The van der Waals surface area contributed by atoms with Crippen molar-refractivity contribution in [3.63, 3.8) is 0 Å². The second-order valence-corrected chi connectivity index (χ2v) is 4.48. The van der Waals surface area contributed by atoms with Crippen LogP contribution in [0.15, 0.2) is 29.8 Å². The first kappa shape index (κ1) is 13.6. The zero-order valence-electron chi connectivity index (χ0n) is 11.0.